The first-order valence-electron chi connectivity index (χ1n) is 10.3. The molecule has 0 aliphatic heterocycles. The molecule has 27 heavy (non-hydrogen) atoms. The van der Waals surface area contributed by atoms with E-state index in [1.165, 1.54) is 43.4 Å². The number of hydrogen-bond acceptors (Lipinski definition) is 5. The van der Waals surface area contributed by atoms with Crippen LogP contribution in [0.1, 0.15) is 86.0 Å². The number of H-pyrrole nitrogens is 1. The van der Waals surface area contributed by atoms with Crippen molar-refractivity contribution < 1.29 is 9.21 Å². The second-order valence-corrected chi connectivity index (χ2v) is 7.95. The lowest BCUT2D eigenvalue weighted by molar-refractivity contribution is -0.130. The lowest BCUT2D eigenvalue weighted by atomic mass is 9.89. The van der Waals surface area contributed by atoms with Gasteiger partial charge in [-0.25, -0.2) is 0 Å². The Bertz CT molecular complexity index is 775. The van der Waals surface area contributed by atoms with Crippen LogP contribution in [0.4, 0.5) is 0 Å². The maximum Gasteiger partial charge on any atom is 0.223 e. The smallest absolute Gasteiger partial charge is 0.223 e. The van der Waals surface area contributed by atoms with Crippen LogP contribution in [0.25, 0.3) is 0 Å². The van der Waals surface area contributed by atoms with Crippen LogP contribution >= 0.6 is 0 Å². The van der Waals surface area contributed by atoms with Crippen LogP contribution in [0.2, 0.25) is 0 Å². The summed E-state index contributed by atoms with van der Waals surface area (Å²) in [6.45, 7) is 0.557. The van der Waals surface area contributed by atoms with Gasteiger partial charge in [-0.3, -0.25) is 9.89 Å². The molecule has 0 bridgehead atoms. The van der Waals surface area contributed by atoms with Gasteiger partial charge in [0.15, 0.2) is 0 Å². The molecular weight excluding hydrogens is 342 g/mol. The van der Waals surface area contributed by atoms with Crippen molar-refractivity contribution >= 4 is 5.91 Å². The number of nitrogens with zero attached hydrogens (tertiary/aromatic N) is 4. The summed E-state index contributed by atoms with van der Waals surface area (Å²) in [5.41, 5.74) is 3.58. The molecule has 1 saturated carbocycles. The second kappa shape index (κ2) is 8.23. The van der Waals surface area contributed by atoms with Gasteiger partial charge in [-0.2, -0.15) is 5.10 Å². The summed E-state index contributed by atoms with van der Waals surface area (Å²) in [7, 11) is 1.84. The Morgan fingerprint density at radius 3 is 2.81 bits per heavy atom. The molecule has 2 aliphatic carbocycles. The molecule has 1 amide bonds. The van der Waals surface area contributed by atoms with E-state index in [1.807, 2.05) is 7.05 Å². The topological polar surface area (TPSA) is 87.9 Å². The number of hydrogen-bond donors (Lipinski definition) is 1. The van der Waals surface area contributed by atoms with Crippen molar-refractivity contribution in [2.24, 2.45) is 0 Å². The van der Waals surface area contributed by atoms with E-state index in [-0.39, 0.29) is 5.91 Å². The van der Waals surface area contributed by atoms with Crippen molar-refractivity contribution in [2.75, 3.05) is 7.05 Å². The molecule has 0 aromatic carbocycles. The SMILES string of the molecule is CN(Cc1n[nH]c2c1CCCC2)C(=O)CCc1nnc(C2CCCCC2)o1. The van der Waals surface area contributed by atoms with Crippen molar-refractivity contribution in [3.63, 3.8) is 0 Å². The molecule has 0 spiro atoms. The highest BCUT2D eigenvalue weighted by atomic mass is 16.4. The van der Waals surface area contributed by atoms with E-state index in [0.29, 0.717) is 31.2 Å². The van der Waals surface area contributed by atoms with E-state index in [9.17, 15) is 4.79 Å². The van der Waals surface area contributed by atoms with Crippen molar-refractivity contribution in [3.05, 3.63) is 28.7 Å². The standard InChI is InChI=1S/C20H29N5O2/c1-25(13-17-15-9-5-6-10-16(15)21-22-17)19(26)12-11-18-23-24-20(27-18)14-7-3-2-4-8-14/h14H,2-13H2,1H3,(H,21,22). The molecule has 2 heterocycles. The van der Waals surface area contributed by atoms with Crippen molar-refractivity contribution in [3.8, 4) is 0 Å². The number of fused-ring (bicyclic) bond motifs is 1. The highest BCUT2D eigenvalue weighted by Gasteiger charge is 2.22. The molecule has 2 aliphatic rings. The van der Waals surface area contributed by atoms with Crippen LogP contribution < -0.4 is 0 Å². The zero-order chi connectivity index (χ0) is 18.6. The predicted octanol–water partition coefficient (Wildman–Crippen LogP) is 3.31. The molecule has 1 fully saturated rings. The van der Waals surface area contributed by atoms with E-state index < -0.39 is 0 Å². The number of aromatic amines is 1. The number of nitrogens with one attached hydrogen (secondary N) is 1. The zero-order valence-electron chi connectivity index (χ0n) is 16.2. The Labute approximate surface area is 159 Å². The van der Waals surface area contributed by atoms with E-state index in [1.54, 1.807) is 4.90 Å². The average molecular weight is 371 g/mol. The molecule has 4 rings (SSSR count). The maximum atomic E-state index is 12.5. The van der Waals surface area contributed by atoms with Gasteiger partial charge in [-0.1, -0.05) is 19.3 Å². The van der Waals surface area contributed by atoms with Gasteiger partial charge in [-0.05, 0) is 44.1 Å². The third-order valence-corrected chi connectivity index (χ3v) is 5.94. The van der Waals surface area contributed by atoms with E-state index >= 15 is 0 Å². The third-order valence-electron chi connectivity index (χ3n) is 5.94. The lowest BCUT2D eigenvalue weighted by Gasteiger charge is -2.18. The molecular formula is C20H29N5O2. The summed E-state index contributed by atoms with van der Waals surface area (Å²) in [6.07, 6.45) is 11.5. The summed E-state index contributed by atoms with van der Waals surface area (Å²) in [5, 5.41) is 15.9. The Morgan fingerprint density at radius 2 is 1.96 bits per heavy atom. The van der Waals surface area contributed by atoms with Gasteiger partial charge in [0.1, 0.15) is 0 Å². The van der Waals surface area contributed by atoms with E-state index in [4.69, 9.17) is 4.42 Å². The van der Waals surface area contributed by atoms with Gasteiger partial charge in [0.25, 0.3) is 0 Å². The van der Waals surface area contributed by atoms with Crippen LogP contribution in [0.15, 0.2) is 4.42 Å². The number of rotatable bonds is 6. The van der Waals surface area contributed by atoms with E-state index in [2.05, 4.69) is 20.4 Å². The normalized spacial score (nSPS) is 17.7. The van der Waals surface area contributed by atoms with Gasteiger partial charge >= 0.3 is 0 Å². The number of aryl methyl sites for hydroxylation is 2. The minimum Gasteiger partial charge on any atom is -0.425 e. The van der Waals surface area contributed by atoms with Crippen LogP contribution in [-0.2, 0) is 30.6 Å². The fourth-order valence-electron chi connectivity index (χ4n) is 4.28. The molecule has 0 radical (unpaired) electrons. The Hall–Kier alpha value is -2.18. The summed E-state index contributed by atoms with van der Waals surface area (Å²) in [5.74, 6) is 1.83. The molecule has 0 unspecified atom stereocenters. The number of aromatic nitrogens is 4. The fourth-order valence-corrected chi connectivity index (χ4v) is 4.28. The largest absolute Gasteiger partial charge is 0.425 e. The first kappa shape index (κ1) is 18.2. The summed E-state index contributed by atoms with van der Waals surface area (Å²) >= 11 is 0. The minimum absolute atomic E-state index is 0.0833. The fraction of sp³-hybridized carbons (Fsp3) is 0.700. The number of amides is 1. The Balaban J connectivity index is 1.29. The molecule has 7 heteroatoms. The van der Waals surface area contributed by atoms with Gasteiger partial charge in [0, 0.05) is 31.5 Å². The number of carbonyl (C=O) groups excluding carboxylic acids is 1. The first-order chi connectivity index (χ1) is 13.2. The van der Waals surface area contributed by atoms with Gasteiger partial charge in [0.05, 0.1) is 12.2 Å². The molecule has 0 atom stereocenters. The van der Waals surface area contributed by atoms with Crippen molar-refractivity contribution in [1.29, 1.82) is 0 Å². The summed E-state index contributed by atoms with van der Waals surface area (Å²) in [4.78, 5) is 14.3. The molecule has 7 nitrogen and oxygen atoms in total. The van der Waals surface area contributed by atoms with Crippen LogP contribution in [0.3, 0.4) is 0 Å². The quantitative estimate of drug-likeness (QED) is 0.841. The summed E-state index contributed by atoms with van der Waals surface area (Å²) in [6, 6.07) is 0. The minimum atomic E-state index is 0.0833. The maximum absolute atomic E-state index is 12.5. The Kier molecular flexibility index (Phi) is 5.55. The molecule has 1 N–H and O–H groups in total. The van der Waals surface area contributed by atoms with Gasteiger partial charge in [0.2, 0.25) is 17.7 Å². The van der Waals surface area contributed by atoms with Crippen molar-refractivity contribution in [1.82, 2.24) is 25.3 Å². The summed E-state index contributed by atoms with van der Waals surface area (Å²) < 4.78 is 5.82. The van der Waals surface area contributed by atoms with E-state index in [0.717, 1.165) is 37.3 Å². The highest BCUT2D eigenvalue weighted by molar-refractivity contribution is 5.76. The molecule has 2 aromatic heterocycles. The van der Waals surface area contributed by atoms with Gasteiger partial charge < -0.3 is 9.32 Å². The second-order valence-electron chi connectivity index (χ2n) is 7.95. The molecule has 2 aromatic rings. The zero-order valence-corrected chi connectivity index (χ0v) is 16.2. The van der Waals surface area contributed by atoms with Crippen LogP contribution in [0, 0.1) is 0 Å². The number of carbonyl (C=O) groups is 1. The Morgan fingerprint density at radius 1 is 1.15 bits per heavy atom. The van der Waals surface area contributed by atoms with Crippen LogP contribution in [0.5, 0.6) is 0 Å². The van der Waals surface area contributed by atoms with Crippen LogP contribution in [-0.4, -0.2) is 38.2 Å². The first-order valence-corrected chi connectivity index (χ1v) is 10.3. The monoisotopic (exact) mass is 371 g/mol. The van der Waals surface area contributed by atoms with Crippen molar-refractivity contribution in [2.45, 2.75) is 83.1 Å². The van der Waals surface area contributed by atoms with Gasteiger partial charge in [-0.15, -0.1) is 10.2 Å². The third kappa shape index (κ3) is 4.22. The predicted molar refractivity (Wildman–Crippen MR) is 100 cm³/mol. The lowest BCUT2D eigenvalue weighted by Crippen LogP contribution is -2.27. The highest BCUT2D eigenvalue weighted by Crippen LogP contribution is 2.31. The molecule has 0 saturated heterocycles. The average Bonchev–Trinajstić information content (AvgIpc) is 3.34. The molecule has 146 valence electrons.